The van der Waals surface area contributed by atoms with Gasteiger partial charge in [-0.2, -0.15) is 0 Å². The molecule has 2 heteroatoms. The van der Waals surface area contributed by atoms with Gasteiger partial charge in [-0.15, -0.1) is 0 Å². The second-order valence-electron chi connectivity index (χ2n) is 7.12. The van der Waals surface area contributed by atoms with Crippen LogP contribution < -0.4 is 5.73 Å². The third-order valence-corrected chi connectivity index (χ3v) is 4.48. The number of piperidine rings is 1. The van der Waals surface area contributed by atoms with Crippen molar-refractivity contribution in [2.45, 2.75) is 40.2 Å². The summed E-state index contributed by atoms with van der Waals surface area (Å²) in [6.45, 7) is 11.0. The van der Waals surface area contributed by atoms with Crippen LogP contribution in [0.25, 0.3) is 0 Å². The van der Waals surface area contributed by atoms with Crippen molar-refractivity contribution < 1.29 is 0 Å². The minimum Gasteiger partial charge on any atom is -0.320 e. The molecule has 2 rings (SSSR count). The maximum absolute atomic E-state index is 5.43. The van der Waals surface area contributed by atoms with Gasteiger partial charge >= 0.3 is 0 Å². The summed E-state index contributed by atoms with van der Waals surface area (Å²) < 4.78 is 0. The SMILES string of the molecule is CC(C)(C)C1CCN(Cc2cccc(C#CCN)c2)CC1. The average molecular weight is 284 g/mol. The molecule has 1 aliphatic heterocycles. The summed E-state index contributed by atoms with van der Waals surface area (Å²) in [4.78, 5) is 2.57. The fourth-order valence-electron chi connectivity index (χ4n) is 3.12. The van der Waals surface area contributed by atoms with E-state index in [0.29, 0.717) is 12.0 Å². The smallest absolute Gasteiger partial charge is 0.0555 e. The zero-order valence-electron chi connectivity index (χ0n) is 13.7. The largest absolute Gasteiger partial charge is 0.320 e. The highest BCUT2D eigenvalue weighted by atomic mass is 15.1. The van der Waals surface area contributed by atoms with Crippen LogP contribution in [0.15, 0.2) is 24.3 Å². The van der Waals surface area contributed by atoms with Gasteiger partial charge in [-0.1, -0.05) is 44.7 Å². The van der Waals surface area contributed by atoms with Crippen molar-refractivity contribution in [3.8, 4) is 11.8 Å². The summed E-state index contributed by atoms with van der Waals surface area (Å²) in [7, 11) is 0. The molecule has 0 bridgehead atoms. The van der Waals surface area contributed by atoms with Gasteiger partial charge in [0, 0.05) is 12.1 Å². The summed E-state index contributed by atoms with van der Waals surface area (Å²) in [5.74, 6) is 6.89. The van der Waals surface area contributed by atoms with Crippen LogP contribution in [0.1, 0.15) is 44.7 Å². The molecule has 1 aromatic rings. The van der Waals surface area contributed by atoms with Gasteiger partial charge in [0.15, 0.2) is 0 Å². The van der Waals surface area contributed by atoms with Crippen molar-refractivity contribution in [2.75, 3.05) is 19.6 Å². The van der Waals surface area contributed by atoms with Crippen LogP contribution in [0.3, 0.4) is 0 Å². The van der Waals surface area contributed by atoms with Crippen LogP contribution >= 0.6 is 0 Å². The topological polar surface area (TPSA) is 29.3 Å². The Morgan fingerprint density at radius 3 is 2.57 bits per heavy atom. The van der Waals surface area contributed by atoms with Crippen molar-refractivity contribution in [1.82, 2.24) is 4.90 Å². The molecule has 2 N–H and O–H groups in total. The molecule has 0 radical (unpaired) electrons. The van der Waals surface area contributed by atoms with Gasteiger partial charge in [-0.05, 0) is 55.0 Å². The molecule has 0 amide bonds. The lowest BCUT2D eigenvalue weighted by molar-refractivity contribution is 0.108. The molecule has 0 aliphatic carbocycles. The van der Waals surface area contributed by atoms with Crippen LogP contribution in [0, 0.1) is 23.2 Å². The lowest BCUT2D eigenvalue weighted by atomic mass is 9.75. The van der Waals surface area contributed by atoms with Gasteiger partial charge in [0.2, 0.25) is 0 Å². The second-order valence-corrected chi connectivity index (χ2v) is 7.12. The Kier molecular flexibility index (Phi) is 5.45. The van der Waals surface area contributed by atoms with Gasteiger partial charge in [-0.3, -0.25) is 4.90 Å². The quantitative estimate of drug-likeness (QED) is 0.845. The van der Waals surface area contributed by atoms with E-state index in [4.69, 9.17) is 5.73 Å². The molecule has 2 nitrogen and oxygen atoms in total. The number of rotatable bonds is 2. The molecule has 114 valence electrons. The molecule has 1 fully saturated rings. The maximum Gasteiger partial charge on any atom is 0.0555 e. The van der Waals surface area contributed by atoms with E-state index in [1.807, 2.05) is 0 Å². The molecule has 0 aromatic heterocycles. The molecular formula is C19H28N2. The van der Waals surface area contributed by atoms with E-state index in [0.717, 1.165) is 18.0 Å². The van der Waals surface area contributed by atoms with Gasteiger partial charge in [0.05, 0.1) is 6.54 Å². The zero-order valence-corrected chi connectivity index (χ0v) is 13.7. The summed E-state index contributed by atoms with van der Waals surface area (Å²) in [6, 6.07) is 8.54. The Labute approximate surface area is 129 Å². The first-order chi connectivity index (χ1) is 9.99. The van der Waals surface area contributed by atoms with Gasteiger partial charge < -0.3 is 5.73 Å². The Hall–Kier alpha value is -1.30. The van der Waals surface area contributed by atoms with Gasteiger partial charge in [-0.25, -0.2) is 0 Å². The summed E-state index contributed by atoms with van der Waals surface area (Å²) in [6.07, 6.45) is 2.63. The Morgan fingerprint density at radius 1 is 1.24 bits per heavy atom. The summed E-state index contributed by atoms with van der Waals surface area (Å²) in [5.41, 5.74) is 8.30. The van der Waals surface area contributed by atoms with Crippen LogP contribution in [0.5, 0.6) is 0 Å². The summed E-state index contributed by atoms with van der Waals surface area (Å²) >= 11 is 0. The van der Waals surface area contributed by atoms with E-state index in [1.165, 1.54) is 31.5 Å². The van der Waals surface area contributed by atoms with Crippen molar-refractivity contribution >= 4 is 0 Å². The Balaban J connectivity index is 1.92. The maximum atomic E-state index is 5.43. The number of hydrogen-bond donors (Lipinski definition) is 1. The standard InChI is InChI=1S/C19H28N2/c1-19(2,3)18-9-12-21(13-10-18)15-17-7-4-6-16(14-17)8-5-11-20/h4,6-7,14,18H,9-13,15,20H2,1-3H3. The van der Waals surface area contributed by atoms with E-state index in [1.54, 1.807) is 0 Å². The van der Waals surface area contributed by atoms with Crippen LogP contribution in [-0.4, -0.2) is 24.5 Å². The van der Waals surface area contributed by atoms with E-state index in [2.05, 4.69) is 61.8 Å². The predicted molar refractivity (Wildman–Crippen MR) is 89.8 cm³/mol. The highest BCUT2D eigenvalue weighted by Gasteiger charge is 2.28. The normalized spacial score (nSPS) is 17.3. The first kappa shape index (κ1) is 16.1. The summed E-state index contributed by atoms with van der Waals surface area (Å²) in [5, 5.41) is 0. The Bertz CT molecular complexity index is 508. The number of hydrogen-bond acceptors (Lipinski definition) is 2. The predicted octanol–water partition coefficient (Wildman–Crippen LogP) is 3.25. The molecule has 0 unspecified atom stereocenters. The third-order valence-electron chi connectivity index (χ3n) is 4.48. The molecule has 1 aromatic carbocycles. The lowest BCUT2D eigenvalue weighted by Gasteiger charge is -2.38. The Morgan fingerprint density at radius 2 is 1.95 bits per heavy atom. The van der Waals surface area contributed by atoms with Crippen LogP contribution in [0.4, 0.5) is 0 Å². The lowest BCUT2D eigenvalue weighted by Crippen LogP contribution is -2.37. The van der Waals surface area contributed by atoms with Crippen molar-refractivity contribution in [2.24, 2.45) is 17.1 Å². The monoisotopic (exact) mass is 284 g/mol. The van der Waals surface area contributed by atoms with Crippen LogP contribution in [-0.2, 0) is 6.54 Å². The highest BCUT2D eigenvalue weighted by molar-refractivity contribution is 5.37. The van der Waals surface area contributed by atoms with Gasteiger partial charge in [0.1, 0.15) is 0 Å². The minimum atomic E-state index is 0.421. The molecule has 1 saturated heterocycles. The number of nitrogens with zero attached hydrogens (tertiary/aromatic N) is 1. The number of nitrogens with two attached hydrogens (primary N) is 1. The van der Waals surface area contributed by atoms with E-state index >= 15 is 0 Å². The minimum absolute atomic E-state index is 0.421. The first-order valence-corrected chi connectivity index (χ1v) is 7.99. The van der Waals surface area contributed by atoms with Crippen molar-refractivity contribution in [1.29, 1.82) is 0 Å². The number of likely N-dealkylation sites (tertiary alicyclic amines) is 1. The van der Waals surface area contributed by atoms with Gasteiger partial charge in [0.25, 0.3) is 0 Å². The highest BCUT2D eigenvalue weighted by Crippen LogP contribution is 2.34. The zero-order chi connectivity index (χ0) is 15.3. The molecule has 0 spiro atoms. The molecule has 1 heterocycles. The van der Waals surface area contributed by atoms with Crippen molar-refractivity contribution in [3.63, 3.8) is 0 Å². The van der Waals surface area contributed by atoms with Crippen molar-refractivity contribution in [3.05, 3.63) is 35.4 Å². The van der Waals surface area contributed by atoms with E-state index in [9.17, 15) is 0 Å². The van der Waals surface area contributed by atoms with E-state index < -0.39 is 0 Å². The molecule has 1 aliphatic rings. The molecule has 21 heavy (non-hydrogen) atoms. The molecular weight excluding hydrogens is 256 g/mol. The fraction of sp³-hybridized carbons (Fsp3) is 0.579. The average Bonchev–Trinajstić information content (AvgIpc) is 2.45. The first-order valence-electron chi connectivity index (χ1n) is 7.99. The molecule has 0 saturated carbocycles. The number of benzene rings is 1. The fourth-order valence-corrected chi connectivity index (χ4v) is 3.12. The van der Waals surface area contributed by atoms with E-state index in [-0.39, 0.29) is 0 Å². The molecule has 0 atom stereocenters. The van der Waals surface area contributed by atoms with Crippen LogP contribution in [0.2, 0.25) is 0 Å². The third kappa shape index (κ3) is 4.88. The second kappa shape index (κ2) is 7.11.